The Morgan fingerprint density at radius 1 is 1.12 bits per heavy atom. The monoisotopic (exact) mass is 281 g/mol. The van der Waals surface area contributed by atoms with Crippen molar-refractivity contribution in [3.63, 3.8) is 0 Å². The van der Waals surface area contributed by atoms with E-state index in [0.29, 0.717) is 5.75 Å². The first-order valence-electron chi connectivity index (χ1n) is 4.86. The van der Waals surface area contributed by atoms with Crippen LogP contribution >= 0.6 is 15.9 Å². The average Bonchev–Trinajstić information content (AvgIpc) is 2.36. The summed E-state index contributed by atoms with van der Waals surface area (Å²) in [4.78, 5) is 4.50. The third kappa shape index (κ3) is 1.97. The molecule has 0 atom stereocenters. The van der Waals surface area contributed by atoms with Crippen molar-refractivity contribution in [3.8, 4) is 11.5 Å². The maximum Gasteiger partial charge on any atom is 0.162 e. The molecule has 1 aromatic heterocycles. The molecule has 1 aromatic carbocycles. The molecule has 0 unspecified atom stereocenters. The van der Waals surface area contributed by atoms with Gasteiger partial charge < -0.3 is 9.47 Å². The second-order valence-electron chi connectivity index (χ2n) is 3.34. The molecule has 0 N–H and O–H groups in total. The summed E-state index contributed by atoms with van der Waals surface area (Å²) in [5.41, 5.74) is 1.91. The second-order valence-corrected chi connectivity index (χ2v) is 3.90. The molecule has 0 radical (unpaired) electrons. The Morgan fingerprint density at radius 3 is 2.44 bits per heavy atom. The summed E-state index contributed by atoms with van der Waals surface area (Å²) in [5, 5.41) is 1.79. The van der Waals surface area contributed by atoms with E-state index in [-0.39, 0.29) is 0 Å². The lowest BCUT2D eigenvalue weighted by Gasteiger charge is -2.09. The molecule has 84 valence electrons. The molecule has 3 nitrogen and oxygen atoms in total. The molecule has 0 bridgehead atoms. The molecular formula is C12H12BrNO2. The van der Waals surface area contributed by atoms with Gasteiger partial charge in [-0.1, -0.05) is 22.0 Å². The number of methoxy groups -OCH3 is 2. The van der Waals surface area contributed by atoms with Crippen LogP contribution < -0.4 is 9.47 Å². The highest BCUT2D eigenvalue weighted by atomic mass is 79.9. The second kappa shape index (κ2) is 4.70. The first kappa shape index (κ1) is 11.2. The number of halogens is 1. The van der Waals surface area contributed by atoms with E-state index in [1.807, 2.05) is 24.3 Å². The molecule has 0 fully saturated rings. The van der Waals surface area contributed by atoms with Crippen LogP contribution in [0.1, 0.15) is 5.69 Å². The number of fused-ring (bicyclic) bond motifs is 1. The summed E-state index contributed by atoms with van der Waals surface area (Å²) in [6, 6.07) is 7.84. The van der Waals surface area contributed by atoms with Crippen molar-refractivity contribution in [2.75, 3.05) is 14.2 Å². The van der Waals surface area contributed by atoms with Crippen LogP contribution in [0.4, 0.5) is 0 Å². The van der Waals surface area contributed by atoms with Crippen LogP contribution in [-0.2, 0) is 5.33 Å². The number of hydrogen-bond donors (Lipinski definition) is 0. The van der Waals surface area contributed by atoms with E-state index in [1.54, 1.807) is 14.2 Å². The van der Waals surface area contributed by atoms with Crippen LogP contribution in [0.25, 0.3) is 10.9 Å². The van der Waals surface area contributed by atoms with Crippen LogP contribution in [0, 0.1) is 0 Å². The van der Waals surface area contributed by atoms with Crippen molar-refractivity contribution in [1.82, 2.24) is 4.98 Å². The van der Waals surface area contributed by atoms with Crippen molar-refractivity contribution < 1.29 is 9.47 Å². The Hall–Kier alpha value is -1.29. The standard InChI is InChI=1S/C12H12BrNO2/c1-15-11-5-8-3-4-9(7-13)14-10(8)6-12(11)16-2/h3-6H,7H2,1-2H3. The summed E-state index contributed by atoms with van der Waals surface area (Å²) in [7, 11) is 3.25. The van der Waals surface area contributed by atoms with E-state index < -0.39 is 0 Å². The first-order valence-corrected chi connectivity index (χ1v) is 5.98. The quantitative estimate of drug-likeness (QED) is 0.810. The Morgan fingerprint density at radius 2 is 1.81 bits per heavy atom. The molecule has 0 aliphatic carbocycles. The zero-order valence-electron chi connectivity index (χ0n) is 9.16. The molecule has 4 heteroatoms. The van der Waals surface area contributed by atoms with Crippen LogP contribution in [0.2, 0.25) is 0 Å². The van der Waals surface area contributed by atoms with Gasteiger partial charge in [0.1, 0.15) is 0 Å². The normalized spacial score (nSPS) is 10.4. The number of ether oxygens (including phenoxy) is 2. The average molecular weight is 282 g/mol. The lowest BCUT2D eigenvalue weighted by Crippen LogP contribution is -1.92. The topological polar surface area (TPSA) is 31.4 Å². The Kier molecular flexibility index (Phi) is 3.29. The van der Waals surface area contributed by atoms with Crippen molar-refractivity contribution in [3.05, 3.63) is 30.0 Å². The van der Waals surface area contributed by atoms with Gasteiger partial charge in [-0.2, -0.15) is 0 Å². The van der Waals surface area contributed by atoms with Gasteiger partial charge in [0.15, 0.2) is 11.5 Å². The zero-order chi connectivity index (χ0) is 11.5. The van der Waals surface area contributed by atoms with Gasteiger partial charge in [0.05, 0.1) is 25.4 Å². The van der Waals surface area contributed by atoms with Crippen molar-refractivity contribution in [2.24, 2.45) is 0 Å². The largest absolute Gasteiger partial charge is 0.493 e. The van der Waals surface area contributed by atoms with E-state index in [2.05, 4.69) is 20.9 Å². The number of pyridine rings is 1. The lowest BCUT2D eigenvalue weighted by atomic mass is 10.2. The third-order valence-corrected chi connectivity index (χ3v) is 2.96. The van der Waals surface area contributed by atoms with E-state index >= 15 is 0 Å². The maximum atomic E-state index is 5.24. The molecule has 0 spiro atoms. The zero-order valence-corrected chi connectivity index (χ0v) is 10.7. The van der Waals surface area contributed by atoms with Gasteiger partial charge >= 0.3 is 0 Å². The molecule has 0 aliphatic heterocycles. The molecule has 0 aliphatic rings. The molecule has 16 heavy (non-hydrogen) atoms. The number of benzene rings is 1. The predicted molar refractivity (Wildman–Crippen MR) is 67.5 cm³/mol. The van der Waals surface area contributed by atoms with Gasteiger partial charge in [-0.05, 0) is 12.1 Å². The minimum atomic E-state index is 0.703. The minimum absolute atomic E-state index is 0.703. The fraction of sp³-hybridized carbons (Fsp3) is 0.250. The smallest absolute Gasteiger partial charge is 0.162 e. The number of aromatic nitrogens is 1. The molecule has 2 rings (SSSR count). The fourth-order valence-electron chi connectivity index (χ4n) is 1.57. The third-order valence-electron chi connectivity index (χ3n) is 2.39. The van der Waals surface area contributed by atoms with E-state index in [9.17, 15) is 0 Å². The number of rotatable bonds is 3. The molecular weight excluding hydrogens is 270 g/mol. The highest BCUT2D eigenvalue weighted by Gasteiger charge is 2.06. The van der Waals surface area contributed by atoms with Crippen molar-refractivity contribution in [2.45, 2.75) is 5.33 Å². The maximum absolute atomic E-state index is 5.24. The SMILES string of the molecule is COc1cc2ccc(CBr)nc2cc1OC. The number of nitrogens with zero attached hydrogens (tertiary/aromatic N) is 1. The van der Waals surface area contributed by atoms with E-state index in [4.69, 9.17) is 9.47 Å². The number of hydrogen-bond acceptors (Lipinski definition) is 3. The minimum Gasteiger partial charge on any atom is -0.493 e. The highest BCUT2D eigenvalue weighted by Crippen LogP contribution is 2.31. The highest BCUT2D eigenvalue weighted by molar-refractivity contribution is 9.08. The first-order chi connectivity index (χ1) is 7.78. The van der Waals surface area contributed by atoms with E-state index in [1.165, 1.54) is 0 Å². The Bertz CT molecular complexity index is 514. The Balaban J connectivity index is 2.63. The predicted octanol–water partition coefficient (Wildman–Crippen LogP) is 3.15. The molecule has 2 aromatic rings. The molecule has 1 heterocycles. The summed E-state index contributed by atoms with van der Waals surface area (Å²) < 4.78 is 10.5. The van der Waals surface area contributed by atoms with Crippen LogP contribution in [0.3, 0.4) is 0 Å². The summed E-state index contributed by atoms with van der Waals surface area (Å²) in [6.45, 7) is 0. The fourth-order valence-corrected chi connectivity index (χ4v) is 1.88. The van der Waals surface area contributed by atoms with Gasteiger partial charge in [-0.25, -0.2) is 0 Å². The summed E-state index contributed by atoms with van der Waals surface area (Å²) >= 11 is 3.39. The van der Waals surface area contributed by atoms with Crippen LogP contribution in [0.5, 0.6) is 11.5 Å². The van der Waals surface area contributed by atoms with E-state index in [0.717, 1.165) is 27.7 Å². The van der Waals surface area contributed by atoms with Crippen LogP contribution in [0.15, 0.2) is 24.3 Å². The number of alkyl halides is 1. The van der Waals surface area contributed by atoms with Crippen molar-refractivity contribution >= 4 is 26.8 Å². The summed E-state index contributed by atoms with van der Waals surface area (Å²) in [5.74, 6) is 1.43. The Labute approximate surface area is 103 Å². The molecule has 0 saturated heterocycles. The van der Waals surface area contributed by atoms with Crippen LogP contribution in [-0.4, -0.2) is 19.2 Å². The lowest BCUT2D eigenvalue weighted by molar-refractivity contribution is 0.356. The van der Waals surface area contributed by atoms with Gasteiger partial charge in [-0.15, -0.1) is 0 Å². The van der Waals surface area contributed by atoms with Gasteiger partial charge in [-0.3, -0.25) is 4.98 Å². The van der Waals surface area contributed by atoms with Gasteiger partial charge in [0, 0.05) is 16.8 Å². The summed E-state index contributed by atoms with van der Waals surface area (Å²) in [6.07, 6.45) is 0. The van der Waals surface area contributed by atoms with Gasteiger partial charge in [0.25, 0.3) is 0 Å². The van der Waals surface area contributed by atoms with Crippen molar-refractivity contribution in [1.29, 1.82) is 0 Å². The molecule has 0 amide bonds. The van der Waals surface area contributed by atoms with Gasteiger partial charge in [0.2, 0.25) is 0 Å². The molecule has 0 saturated carbocycles.